The zero-order valence-corrected chi connectivity index (χ0v) is 16.1. The van der Waals surface area contributed by atoms with Crippen molar-refractivity contribution < 1.29 is 4.79 Å². The minimum absolute atomic E-state index is 0.0651. The molecule has 4 aromatic rings. The maximum atomic E-state index is 12.7. The molecule has 136 valence electrons. The molecule has 3 nitrogen and oxygen atoms in total. The van der Waals surface area contributed by atoms with Gasteiger partial charge in [-0.25, -0.2) is 0 Å². The van der Waals surface area contributed by atoms with Crippen molar-refractivity contribution in [1.29, 1.82) is 0 Å². The molecule has 0 atom stereocenters. The summed E-state index contributed by atoms with van der Waals surface area (Å²) in [7, 11) is 0. The summed E-state index contributed by atoms with van der Waals surface area (Å²) in [5, 5.41) is 4.13. The van der Waals surface area contributed by atoms with Gasteiger partial charge in [-0.2, -0.15) is 0 Å². The van der Waals surface area contributed by atoms with Crippen molar-refractivity contribution in [2.45, 2.75) is 11.8 Å². The molecule has 1 amide bonds. The molecule has 5 rings (SSSR count). The number of aryl methyl sites for hydroxylation is 1. The largest absolute Gasteiger partial charge is 0.354 e. The third kappa shape index (κ3) is 2.83. The number of carbonyl (C=O) groups is 1. The second-order valence-electron chi connectivity index (χ2n) is 6.84. The van der Waals surface area contributed by atoms with Crippen molar-refractivity contribution in [2.75, 3.05) is 5.32 Å². The SMILES string of the molecule is Cc1cccc2c(/C=C3\Sc4ccccc4NC3=O)c(-c3ccccc3)[nH]c12. The van der Waals surface area contributed by atoms with Gasteiger partial charge in [0.05, 0.1) is 16.3 Å². The molecule has 28 heavy (non-hydrogen) atoms. The smallest absolute Gasteiger partial charge is 0.262 e. The van der Waals surface area contributed by atoms with Crippen LogP contribution in [-0.2, 0) is 4.79 Å². The van der Waals surface area contributed by atoms with E-state index in [2.05, 4.69) is 47.6 Å². The van der Waals surface area contributed by atoms with Crippen molar-refractivity contribution in [1.82, 2.24) is 4.98 Å². The number of hydrogen-bond acceptors (Lipinski definition) is 2. The minimum atomic E-state index is -0.0651. The summed E-state index contributed by atoms with van der Waals surface area (Å²) in [4.78, 5) is 18.1. The van der Waals surface area contributed by atoms with Gasteiger partial charge in [-0.1, -0.05) is 72.4 Å². The lowest BCUT2D eigenvalue weighted by molar-refractivity contribution is -0.112. The molecule has 0 radical (unpaired) electrons. The molecule has 3 aromatic carbocycles. The highest BCUT2D eigenvalue weighted by atomic mass is 32.2. The van der Waals surface area contributed by atoms with Gasteiger partial charge in [-0.3, -0.25) is 4.79 Å². The maximum absolute atomic E-state index is 12.7. The van der Waals surface area contributed by atoms with Crippen molar-refractivity contribution >= 4 is 40.3 Å². The third-order valence-electron chi connectivity index (χ3n) is 5.00. The second-order valence-corrected chi connectivity index (χ2v) is 7.92. The van der Waals surface area contributed by atoms with Crippen LogP contribution in [0.5, 0.6) is 0 Å². The maximum Gasteiger partial charge on any atom is 0.262 e. The molecule has 0 saturated heterocycles. The monoisotopic (exact) mass is 382 g/mol. The van der Waals surface area contributed by atoms with E-state index in [1.807, 2.05) is 48.5 Å². The van der Waals surface area contributed by atoms with Crippen LogP contribution in [0.3, 0.4) is 0 Å². The molecule has 0 aliphatic carbocycles. The predicted octanol–water partition coefficient (Wildman–Crippen LogP) is 6.23. The summed E-state index contributed by atoms with van der Waals surface area (Å²) >= 11 is 1.52. The fraction of sp³-hybridized carbons (Fsp3) is 0.0417. The highest BCUT2D eigenvalue weighted by molar-refractivity contribution is 8.04. The zero-order chi connectivity index (χ0) is 19.1. The van der Waals surface area contributed by atoms with E-state index in [0.717, 1.165) is 38.3 Å². The number of amides is 1. The van der Waals surface area contributed by atoms with Crippen LogP contribution in [0.1, 0.15) is 11.1 Å². The van der Waals surface area contributed by atoms with Gasteiger partial charge < -0.3 is 10.3 Å². The number of para-hydroxylation sites is 2. The molecular weight excluding hydrogens is 364 g/mol. The topological polar surface area (TPSA) is 44.9 Å². The Morgan fingerprint density at radius 3 is 2.54 bits per heavy atom. The summed E-state index contributed by atoms with van der Waals surface area (Å²) in [6, 6.07) is 24.4. The molecule has 1 aliphatic heterocycles. The first-order valence-corrected chi connectivity index (χ1v) is 9.99. The second kappa shape index (κ2) is 6.73. The third-order valence-corrected chi connectivity index (χ3v) is 6.10. The molecule has 0 unspecified atom stereocenters. The molecule has 0 spiro atoms. The lowest BCUT2D eigenvalue weighted by atomic mass is 10.0. The van der Waals surface area contributed by atoms with Gasteiger partial charge in [0.15, 0.2) is 0 Å². The van der Waals surface area contributed by atoms with E-state index in [4.69, 9.17) is 0 Å². The first-order valence-electron chi connectivity index (χ1n) is 9.17. The van der Waals surface area contributed by atoms with Crippen molar-refractivity contribution in [3.05, 3.63) is 88.8 Å². The van der Waals surface area contributed by atoms with Crippen LogP contribution in [0.25, 0.3) is 28.2 Å². The van der Waals surface area contributed by atoms with Crippen LogP contribution in [0.4, 0.5) is 5.69 Å². The van der Waals surface area contributed by atoms with E-state index >= 15 is 0 Å². The molecule has 0 bridgehead atoms. The van der Waals surface area contributed by atoms with Crippen LogP contribution >= 0.6 is 11.8 Å². The number of benzene rings is 3. The zero-order valence-electron chi connectivity index (χ0n) is 15.3. The van der Waals surface area contributed by atoms with Gasteiger partial charge in [-0.15, -0.1) is 0 Å². The minimum Gasteiger partial charge on any atom is -0.354 e. The summed E-state index contributed by atoms with van der Waals surface area (Å²) in [6.07, 6.45) is 2.01. The van der Waals surface area contributed by atoms with Gasteiger partial charge in [0.1, 0.15) is 0 Å². The van der Waals surface area contributed by atoms with E-state index in [1.54, 1.807) is 0 Å². The molecule has 2 N–H and O–H groups in total. The van der Waals surface area contributed by atoms with Crippen LogP contribution in [0.15, 0.2) is 82.6 Å². The number of aromatic amines is 1. The normalized spacial score (nSPS) is 14.9. The Hall–Kier alpha value is -3.24. The average Bonchev–Trinajstić information content (AvgIpc) is 3.09. The number of hydrogen-bond donors (Lipinski definition) is 2. The molecule has 0 fully saturated rings. The van der Waals surface area contributed by atoms with Crippen molar-refractivity contribution in [3.63, 3.8) is 0 Å². The Morgan fingerprint density at radius 1 is 0.893 bits per heavy atom. The number of nitrogens with one attached hydrogen (secondary N) is 2. The Balaban J connectivity index is 1.72. The number of rotatable bonds is 2. The van der Waals surface area contributed by atoms with E-state index in [-0.39, 0.29) is 5.91 Å². The number of carbonyl (C=O) groups excluding carboxylic acids is 1. The summed E-state index contributed by atoms with van der Waals surface area (Å²) in [6.45, 7) is 2.10. The first kappa shape index (κ1) is 16.9. The van der Waals surface area contributed by atoms with Gasteiger partial charge in [0, 0.05) is 21.4 Å². The predicted molar refractivity (Wildman–Crippen MR) is 117 cm³/mol. The summed E-state index contributed by atoms with van der Waals surface area (Å²) in [5.74, 6) is -0.0651. The average molecular weight is 382 g/mol. The molecular formula is C24H18N2OS. The molecule has 2 heterocycles. The number of H-pyrrole nitrogens is 1. The Labute approximate surface area is 167 Å². The Morgan fingerprint density at radius 2 is 1.68 bits per heavy atom. The van der Waals surface area contributed by atoms with E-state index in [1.165, 1.54) is 17.3 Å². The van der Waals surface area contributed by atoms with Crippen LogP contribution in [-0.4, -0.2) is 10.9 Å². The number of aromatic nitrogens is 1. The summed E-state index contributed by atoms with van der Waals surface area (Å²) in [5.41, 5.74) is 6.34. The highest BCUT2D eigenvalue weighted by Crippen LogP contribution is 2.41. The Bertz CT molecular complexity index is 1240. The lowest BCUT2D eigenvalue weighted by Gasteiger charge is -2.18. The highest BCUT2D eigenvalue weighted by Gasteiger charge is 2.22. The van der Waals surface area contributed by atoms with Gasteiger partial charge in [0.2, 0.25) is 0 Å². The van der Waals surface area contributed by atoms with Gasteiger partial charge in [0.25, 0.3) is 5.91 Å². The fourth-order valence-corrected chi connectivity index (χ4v) is 4.53. The fourth-order valence-electron chi connectivity index (χ4n) is 3.60. The quantitative estimate of drug-likeness (QED) is 0.404. The van der Waals surface area contributed by atoms with Gasteiger partial charge in [-0.05, 0) is 36.3 Å². The lowest BCUT2D eigenvalue weighted by Crippen LogP contribution is -2.17. The molecule has 1 aromatic heterocycles. The molecule has 0 saturated carbocycles. The first-order chi connectivity index (χ1) is 13.7. The molecule has 4 heteroatoms. The van der Waals surface area contributed by atoms with Crippen molar-refractivity contribution in [3.8, 4) is 11.3 Å². The summed E-state index contributed by atoms with van der Waals surface area (Å²) < 4.78 is 0. The van der Waals surface area contributed by atoms with Crippen LogP contribution < -0.4 is 5.32 Å². The molecule has 1 aliphatic rings. The van der Waals surface area contributed by atoms with Crippen LogP contribution in [0, 0.1) is 6.92 Å². The number of thioether (sulfide) groups is 1. The number of anilines is 1. The van der Waals surface area contributed by atoms with E-state index in [0.29, 0.717) is 4.91 Å². The van der Waals surface area contributed by atoms with E-state index in [9.17, 15) is 4.79 Å². The van der Waals surface area contributed by atoms with Gasteiger partial charge >= 0.3 is 0 Å². The van der Waals surface area contributed by atoms with Crippen LogP contribution in [0.2, 0.25) is 0 Å². The number of fused-ring (bicyclic) bond motifs is 2. The van der Waals surface area contributed by atoms with E-state index < -0.39 is 0 Å². The standard InChI is InChI=1S/C24H18N2OS/c1-15-8-7-11-17-18(23(26-22(15)17)16-9-3-2-4-10-16)14-21-24(27)25-19-12-5-6-13-20(19)28-21/h2-14,26H,1H3,(H,25,27)/b21-14-. The Kier molecular flexibility index (Phi) is 4.06. The van der Waals surface area contributed by atoms with Crippen molar-refractivity contribution in [2.24, 2.45) is 0 Å².